The third-order valence-electron chi connectivity index (χ3n) is 4.86. The molecule has 1 aromatic carbocycles. The van der Waals surface area contributed by atoms with Gasteiger partial charge in [-0.05, 0) is 17.5 Å². The number of rotatable bonds is 3. The highest BCUT2D eigenvalue weighted by molar-refractivity contribution is 5.92. The van der Waals surface area contributed by atoms with E-state index in [1.54, 1.807) is 6.20 Å². The van der Waals surface area contributed by atoms with Crippen LogP contribution in [0.15, 0.2) is 54.9 Å². The van der Waals surface area contributed by atoms with Gasteiger partial charge in [-0.1, -0.05) is 30.3 Å². The smallest absolute Gasteiger partial charge is 0.136 e. The quantitative estimate of drug-likeness (QED) is 0.752. The number of benzene rings is 1. The summed E-state index contributed by atoms with van der Waals surface area (Å²) >= 11 is 0. The van der Waals surface area contributed by atoms with E-state index in [-0.39, 0.29) is 0 Å². The lowest BCUT2D eigenvalue weighted by molar-refractivity contribution is 0.129. The maximum Gasteiger partial charge on any atom is 0.136 e. The first kappa shape index (κ1) is 16.8. The Balaban J connectivity index is 1.55. The maximum atomic E-state index is 10.6. The van der Waals surface area contributed by atoms with Gasteiger partial charge in [0.2, 0.25) is 0 Å². The normalized spacial score (nSPS) is 18.8. The van der Waals surface area contributed by atoms with Crippen molar-refractivity contribution in [3.05, 3.63) is 60.4 Å². The standard InChI is InChI=1S/C20H23N5O/c21-19-16(5-3-8-22-19)12-24-10-11-25(14-17(26)13-24)20-18-6-2-1-4-15(18)7-9-23-20/h1-9,17,26H,10-14H2,(H2,21,22)/t17-/m1/s1. The Labute approximate surface area is 152 Å². The van der Waals surface area contributed by atoms with Gasteiger partial charge in [0, 0.05) is 56.1 Å². The number of aliphatic hydroxyl groups excluding tert-OH is 1. The van der Waals surface area contributed by atoms with Crippen LogP contribution in [0.3, 0.4) is 0 Å². The molecule has 0 saturated carbocycles. The highest BCUT2D eigenvalue weighted by atomic mass is 16.3. The van der Waals surface area contributed by atoms with Crippen molar-refractivity contribution in [1.82, 2.24) is 14.9 Å². The Bertz CT molecular complexity index is 895. The van der Waals surface area contributed by atoms with E-state index in [2.05, 4.69) is 31.9 Å². The summed E-state index contributed by atoms with van der Waals surface area (Å²) in [6, 6.07) is 14.1. The third-order valence-corrected chi connectivity index (χ3v) is 4.86. The first-order valence-electron chi connectivity index (χ1n) is 8.89. The molecule has 1 fully saturated rings. The second-order valence-electron chi connectivity index (χ2n) is 6.74. The van der Waals surface area contributed by atoms with Crippen molar-refractivity contribution < 1.29 is 5.11 Å². The van der Waals surface area contributed by atoms with E-state index in [0.717, 1.165) is 35.2 Å². The summed E-state index contributed by atoms with van der Waals surface area (Å²) in [5.41, 5.74) is 6.97. The molecule has 1 aliphatic heterocycles. The first-order valence-corrected chi connectivity index (χ1v) is 8.89. The molecule has 6 heteroatoms. The van der Waals surface area contributed by atoms with Crippen molar-refractivity contribution >= 4 is 22.4 Å². The average molecular weight is 349 g/mol. The molecule has 134 valence electrons. The number of pyridine rings is 2. The molecule has 4 rings (SSSR count). The van der Waals surface area contributed by atoms with E-state index in [0.29, 0.717) is 25.5 Å². The Kier molecular flexibility index (Phi) is 4.69. The second kappa shape index (κ2) is 7.27. The Morgan fingerprint density at radius 1 is 1.00 bits per heavy atom. The highest BCUT2D eigenvalue weighted by Crippen LogP contribution is 2.25. The lowest BCUT2D eigenvalue weighted by Crippen LogP contribution is -2.33. The molecular weight excluding hydrogens is 326 g/mol. The molecule has 0 spiro atoms. The molecule has 6 nitrogen and oxygen atoms in total. The molecule has 2 aromatic heterocycles. The molecule has 0 unspecified atom stereocenters. The Morgan fingerprint density at radius 2 is 1.88 bits per heavy atom. The summed E-state index contributed by atoms with van der Waals surface area (Å²) in [4.78, 5) is 13.2. The molecule has 0 aliphatic carbocycles. The van der Waals surface area contributed by atoms with Crippen molar-refractivity contribution in [3.8, 4) is 0 Å². The van der Waals surface area contributed by atoms with Crippen molar-refractivity contribution in [2.45, 2.75) is 12.6 Å². The van der Waals surface area contributed by atoms with Crippen LogP contribution in [-0.4, -0.2) is 52.3 Å². The van der Waals surface area contributed by atoms with E-state index < -0.39 is 6.10 Å². The molecule has 3 heterocycles. The number of hydrogen-bond acceptors (Lipinski definition) is 6. The molecule has 0 radical (unpaired) electrons. The van der Waals surface area contributed by atoms with Crippen LogP contribution in [0.5, 0.6) is 0 Å². The van der Waals surface area contributed by atoms with Crippen LogP contribution in [0.25, 0.3) is 10.8 Å². The van der Waals surface area contributed by atoms with E-state index >= 15 is 0 Å². The van der Waals surface area contributed by atoms with Crippen LogP contribution >= 0.6 is 0 Å². The molecule has 3 aromatic rings. The zero-order valence-corrected chi connectivity index (χ0v) is 14.6. The molecule has 0 amide bonds. The molecule has 1 atom stereocenters. The zero-order chi connectivity index (χ0) is 17.9. The van der Waals surface area contributed by atoms with Gasteiger partial charge in [0.25, 0.3) is 0 Å². The van der Waals surface area contributed by atoms with Crippen LogP contribution in [0.1, 0.15) is 5.56 Å². The fraction of sp³-hybridized carbons (Fsp3) is 0.300. The van der Waals surface area contributed by atoms with Crippen molar-refractivity contribution in [1.29, 1.82) is 0 Å². The summed E-state index contributed by atoms with van der Waals surface area (Å²) in [6.07, 6.45) is 3.09. The van der Waals surface area contributed by atoms with Crippen LogP contribution in [0.4, 0.5) is 11.6 Å². The summed E-state index contributed by atoms with van der Waals surface area (Å²) in [5, 5.41) is 12.8. The third kappa shape index (κ3) is 3.47. The lowest BCUT2D eigenvalue weighted by Gasteiger charge is -2.24. The van der Waals surface area contributed by atoms with Gasteiger partial charge in [-0.3, -0.25) is 4.90 Å². The molecule has 0 bridgehead atoms. The minimum absolute atomic E-state index is 0.448. The van der Waals surface area contributed by atoms with Crippen LogP contribution < -0.4 is 10.6 Å². The van der Waals surface area contributed by atoms with Crippen LogP contribution in [0, 0.1) is 0 Å². The largest absolute Gasteiger partial charge is 0.390 e. The number of nitrogens with two attached hydrogens (primary N) is 1. The SMILES string of the molecule is Nc1ncccc1CN1CCN(c2nccc3ccccc23)C[C@H](O)C1. The van der Waals surface area contributed by atoms with Gasteiger partial charge < -0.3 is 15.7 Å². The van der Waals surface area contributed by atoms with Gasteiger partial charge in [0.15, 0.2) is 0 Å². The number of β-amino-alcohol motifs (C(OH)–C–C–N with tert-alkyl or cyclic N) is 1. The molecule has 1 saturated heterocycles. The summed E-state index contributed by atoms with van der Waals surface area (Å²) < 4.78 is 0. The monoisotopic (exact) mass is 349 g/mol. The number of hydrogen-bond donors (Lipinski definition) is 2. The minimum atomic E-state index is -0.448. The first-order chi connectivity index (χ1) is 12.7. The van der Waals surface area contributed by atoms with Gasteiger partial charge in [-0.15, -0.1) is 0 Å². The van der Waals surface area contributed by atoms with E-state index in [4.69, 9.17) is 5.73 Å². The van der Waals surface area contributed by atoms with Gasteiger partial charge >= 0.3 is 0 Å². The Morgan fingerprint density at radius 3 is 2.77 bits per heavy atom. The highest BCUT2D eigenvalue weighted by Gasteiger charge is 2.23. The van der Waals surface area contributed by atoms with Gasteiger partial charge in [0.1, 0.15) is 11.6 Å². The Hall–Kier alpha value is -2.70. The molecular formula is C20H23N5O. The van der Waals surface area contributed by atoms with Crippen molar-refractivity contribution in [3.63, 3.8) is 0 Å². The topological polar surface area (TPSA) is 78.5 Å². The number of anilines is 2. The second-order valence-corrected chi connectivity index (χ2v) is 6.74. The van der Waals surface area contributed by atoms with Crippen molar-refractivity contribution in [2.24, 2.45) is 0 Å². The maximum absolute atomic E-state index is 10.6. The number of aromatic nitrogens is 2. The fourth-order valence-corrected chi connectivity index (χ4v) is 3.57. The van der Waals surface area contributed by atoms with E-state index in [1.807, 2.05) is 36.5 Å². The van der Waals surface area contributed by atoms with Gasteiger partial charge in [-0.2, -0.15) is 0 Å². The van der Waals surface area contributed by atoms with Crippen LogP contribution in [0.2, 0.25) is 0 Å². The molecule has 3 N–H and O–H groups in total. The number of aliphatic hydroxyl groups is 1. The lowest BCUT2D eigenvalue weighted by atomic mass is 10.1. The van der Waals surface area contributed by atoms with Gasteiger partial charge in [-0.25, -0.2) is 9.97 Å². The predicted octanol–water partition coefficient (Wildman–Crippen LogP) is 1.90. The average Bonchev–Trinajstić information content (AvgIpc) is 2.84. The number of nitrogen functional groups attached to an aromatic ring is 1. The minimum Gasteiger partial charge on any atom is -0.390 e. The summed E-state index contributed by atoms with van der Waals surface area (Å²) in [6.45, 7) is 3.50. The van der Waals surface area contributed by atoms with Crippen molar-refractivity contribution in [2.75, 3.05) is 36.8 Å². The number of nitrogens with zero attached hydrogens (tertiary/aromatic N) is 4. The molecule has 1 aliphatic rings. The number of fused-ring (bicyclic) bond motifs is 1. The van der Waals surface area contributed by atoms with Gasteiger partial charge in [0.05, 0.1) is 6.10 Å². The summed E-state index contributed by atoms with van der Waals surface area (Å²) in [5.74, 6) is 1.49. The fourth-order valence-electron chi connectivity index (χ4n) is 3.57. The predicted molar refractivity (Wildman–Crippen MR) is 104 cm³/mol. The van der Waals surface area contributed by atoms with Crippen LogP contribution in [-0.2, 0) is 6.54 Å². The van der Waals surface area contributed by atoms with E-state index in [1.165, 1.54) is 0 Å². The zero-order valence-electron chi connectivity index (χ0n) is 14.6. The molecule has 26 heavy (non-hydrogen) atoms. The summed E-state index contributed by atoms with van der Waals surface area (Å²) in [7, 11) is 0. The van der Waals surface area contributed by atoms with E-state index in [9.17, 15) is 5.11 Å².